The maximum atomic E-state index is 12.0. The summed E-state index contributed by atoms with van der Waals surface area (Å²) in [6.45, 7) is 3.72. The zero-order chi connectivity index (χ0) is 13.7. The highest BCUT2D eigenvalue weighted by molar-refractivity contribution is 7.80. The van der Waals surface area contributed by atoms with Crippen LogP contribution >= 0.6 is 12.2 Å². The Hall–Kier alpha value is -0.760. The van der Waals surface area contributed by atoms with E-state index in [1.54, 1.807) is 0 Å². The molecular formula is C12H21N3O3S. The van der Waals surface area contributed by atoms with Gasteiger partial charge in [0.05, 0.1) is 13.2 Å². The molecular weight excluding hydrogens is 266 g/mol. The molecule has 6 nitrogen and oxygen atoms in total. The van der Waals surface area contributed by atoms with Crippen LogP contribution in [0.15, 0.2) is 0 Å². The van der Waals surface area contributed by atoms with Crippen LogP contribution in [0.1, 0.15) is 12.8 Å². The Labute approximate surface area is 118 Å². The highest BCUT2D eigenvalue weighted by atomic mass is 32.1. The predicted molar refractivity (Wildman–Crippen MR) is 74.9 cm³/mol. The number of nitrogens with zero attached hydrogens (tertiary/aromatic N) is 1. The molecule has 7 heteroatoms. The second-order valence-corrected chi connectivity index (χ2v) is 5.42. The first-order chi connectivity index (χ1) is 9.15. The summed E-state index contributed by atoms with van der Waals surface area (Å²) in [7, 11) is 0. The first-order valence-electron chi connectivity index (χ1n) is 6.65. The molecule has 19 heavy (non-hydrogen) atoms. The van der Waals surface area contributed by atoms with Crippen molar-refractivity contribution in [2.75, 3.05) is 39.5 Å². The fraction of sp³-hybridized carbons (Fsp3) is 0.833. The van der Waals surface area contributed by atoms with E-state index in [0.717, 1.165) is 32.6 Å². The monoisotopic (exact) mass is 287 g/mol. The third-order valence-corrected chi connectivity index (χ3v) is 3.68. The Morgan fingerprint density at radius 3 is 2.79 bits per heavy atom. The number of amides is 1. The second kappa shape index (κ2) is 7.14. The molecule has 1 amide bonds. The molecule has 0 aromatic heterocycles. The number of nitrogens with two attached hydrogens (primary N) is 1. The second-order valence-electron chi connectivity index (χ2n) is 4.95. The molecule has 0 aromatic carbocycles. The first kappa shape index (κ1) is 14.6. The average Bonchev–Trinajstić information content (AvgIpc) is 2.40. The van der Waals surface area contributed by atoms with Crippen molar-refractivity contribution in [1.82, 2.24) is 10.2 Å². The van der Waals surface area contributed by atoms with Crippen molar-refractivity contribution in [1.29, 1.82) is 0 Å². The maximum absolute atomic E-state index is 12.0. The first-order valence-corrected chi connectivity index (χ1v) is 7.06. The molecule has 2 aliphatic rings. The van der Waals surface area contributed by atoms with Crippen LogP contribution in [0.25, 0.3) is 0 Å². The van der Waals surface area contributed by atoms with Crippen molar-refractivity contribution < 1.29 is 14.3 Å². The number of morpholine rings is 1. The summed E-state index contributed by atoms with van der Waals surface area (Å²) in [4.78, 5) is 14.3. The van der Waals surface area contributed by atoms with Crippen LogP contribution in [0.5, 0.6) is 0 Å². The Balaban J connectivity index is 1.73. The van der Waals surface area contributed by atoms with E-state index < -0.39 is 0 Å². The van der Waals surface area contributed by atoms with Gasteiger partial charge in [-0.05, 0) is 12.8 Å². The summed E-state index contributed by atoms with van der Waals surface area (Å²) in [6, 6.07) is 0.244. The zero-order valence-electron chi connectivity index (χ0n) is 11.0. The van der Waals surface area contributed by atoms with E-state index in [-0.39, 0.29) is 18.1 Å². The number of carbonyl (C=O) groups excluding carboxylic acids is 1. The zero-order valence-corrected chi connectivity index (χ0v) is 11.8. The molecule has 3 N–H and O–H groups in total. The van der Waals surface area contributed by atoms with Gasteiger partial charge in [0.2, 0.25) is 5.91 Å². The van der Waals surface area contributed by atoms with Gasteiger partial charge in [-0.15, -0.1) is 0 Å². The molecule has 0 saturated carbocycles. The minimum absolute atomic E-state index is 0.0514. The van der Waals surface area contributed by atoms with Crippen LogP contribution in [0.4, 0.5) is 0 Å². The lowest BCUT2D eigenvalue weighted by Gasteiger charge is -2.32. The van der Waals surface area contributed by atoms with E-state index in [4.69, 9.17) is 27.4 Å². The van der Waals surface area contributed by atoms with E-state index in [9.17, 15) is 4.79 Å². The Morgan fingerprint density at radius 2 is 2.11 bits per heavy atom. The Kier molecular flexibility index (Phi) is 5.50. The molecule has 2 aliphatic heterocycles. The van der Waals surface area contributed by atoms with E-state index >= 15 is 0 Å². The van der Waals surface area contributed by atoms with Gasteiger partial charge in [-0.1, -0.05) is 12.2 Å². The van der Waals surface area contributed by atoms with E-state index in [0.29, 0.717) is 24.7 Å². The summed E-state index contributed by atoms with van der Waals surface area (Å²) in [5, 5.41) is 3.04. The van der Waals surface area contributed by atoms with Gasteiger partial charge in [-0.3, -0.25) is 9.69 Å². The van der Waals surface area contributed by atoms with Gasteiger partial charge in [-0.25, -0.2) is 0 Å². The minimum Gasteiger partial charge on any atom is -0.391 e. The molecule has 2 rings (SSSR count). The molecule has 0 spiro atoms. The standard InChI is InChI=1S/C12H21N3O3S/c13-12(19)10-7-15(3-6-18-10)8-11(16)14-9-1-4-17-5-2-9/h9-10H,1-8H2,(H2,13,19)(H,14,16). The van der Waals surface area contributed by atoms with Crippen LogP contribution in [-0.4, -0.2) is 67.4 Å². The summed E-state index contributed by atoms with van der Waals surface area (Å²) in [5.41, 5.74) is 5.57. The molecule has 0 aromatic rings. The number of nitrogens with one attached hydrogen (secondary N) is 1. The van der Waals surface area contributed by atoms with Crippen molar-refractivity contribution in [2.45, 2.75) is 25.0 Å². The number of hydrogen-bond acceptors (Lipinski definition) is 5. The smallest absolute Gasteiger partial charge is 0.234 e. The van der Waals surface area contributed by atoms with Crippen molar-refractivity contribution >= 4 is 23.1 Å². The lowest BCUT2D eigenvalue weighted by atomic mass is 10.1. The van der Waals surface area contributed by atoms with Gasteiger partial charge in [0.15, 0.2) is 0 Å². The van der Waals surface area contributed by atoms with E-state index in [2.05, 4.69) is 5.32 Å². The van der Waals surface area contributed by atoms with Crippen LogP contribution in [0.2, 0.25) is 0 Å². The molecule has 0 radical (unpaired) electrons. The van der Waals surface area contributed by atoms with Gasteiger partial charge >= 0.3 is 0 Å². The molecule has 108 valence electrons. The molecule has 0 aliphatic carbocycles. The predicted octanol–water partition coefficient (Wildman–Crippen LogP) is -0.731. The van der Waals surface area contributed by atoms with Gasteiger partial charge < -0.3 is 20.5 Å². The Morgan fingerprint density at radius 1 is 1.37 bits per heavy atom. The van der Waals surface area contributed by atoms with Crippen LogP contribution in [0, 0.1) is 0 Å². The summed E-state index contributed by atoms with van der Waals surface area (Å²) in [5.74, 6) is 0.0514. The molecule has 1 atom stereocenters. The lowest BCUT2D eigenvalue weighted by molar-refractivity contribution is -0.124. The summed E-state index contributed by atoms with van der Waals surface area (Å²) >= 11 is 4.92. The van der Waals surface area contributed by atoms with Gasteiger partial charge in [0.25, 0.3) is 0 Å². The van der Waals surface area contributed by atoms with Gasteiger partial charge in [0, 0.05) is 32.3 Å². The third kappa shape index (κ3) is 4.68. The SMILES string of the molecule is NC(=S)C1CN(CC(=O)NC2CCOCC2)CCO1. The van der Waals surface area contributed by atoms with Crippen LogP contribution < -0.4 is 11.1 Å². The van der Waals surface area contributed by atoms with Crippen LogP contribution in [-0.2, 0) is 14.3 Å². The van der Waals surface area contributed by atoms with E-state index in [1.807, 2.05) is 4.90 Å². The molecule has 0 bridgehead atoms. The van der Waals surface area contributed by atoms with Gasteiger partial charge in [-0.2, -0.15) is 0 Å². The number of thiocarbonyl (C=S) groups is 1. The fourth-order valence-corrected chi connectivity index (χ4v) is 2.48. The topological polar surface area (TPSA) is 76.8 Å². The molecule has 2 fully saturated rings. The average molecular weight is 287 g/mol. The highest BCUT2D eigenvalue weighted by Gasteiger charge is 2.24. The number of ether oxygens (including phenoxy) is 2. The number of carbonyl (C=O) groups is 1. The lowest BCUT2D eigenvalue weighted by Crippen LogP contribution is -2.51. The summed E-state index contributed by atoms with van der Waals surface area (Å²) < 4.78 is 10.7. The fourth-order valence-electron chi connectivity index (χ4n) is 2.34. The van der Waals surface area contributed by atoms with Gasteiger partial charge in [0.1, 0.15) is 11.1 Å². The van der Waals surface area contributed by atoms with Crippen molar-refractivity contribution in [3.8, 4) is 0 Å². The minimum atomic E-state index is -0.236. The maximum Gasteiger partial charge on any atom is 0.234 e. The van der Waals surface area contributed by atoms with Crippen LogP contribution in [0.3, 0.4) is 0 Å². The van der Waals surface area contributed by atoms with Crippen molar-refractivity contribution in [2.24, 2.45) is 5.73 Å². The summed E-state index contributed by atoms with van der Waals surface area (Å²) in [6.07, 6.45) is 1.55. The largest absolute Gasteiger partial charge is 0.391 e. The normalized spacial score (nSPS) is 26.0. The third-order valence-electron chi connectivity index (χ3n) is 3.42. The number of rotatable bonds is 4. The quantitative estimate of drug-likeness (QED) is 0.664. The molecule has 2 saturated heterocycles. The van der Waals surface area contributed by atoms with Crippen molar-refractivity contribution in [3.63, 3.8) is 0 Å². The molecule has 1 unspecified atom stereocenters. The highest BCUT2D eigenvalue weighted by Crippen LogP contribution is 2.08. The number of hydrogen-bond donors (Lipinski definition) is 2. The Bertz CT molecular complexity index is 334. The molecule has 2 heterocycles. The van der Waals surface area contributed by atoms with Crippen molar-refractivity contribution in [3.05, 3.63) is 0 Å². The van der Waals surface area contributed by atoms with E-state index in [1.165, 1.54) is 0 Å².